The van der Waals surface area contributed by atoms with E-state index in [9.17, 15) is 0 Å². The fourth-order valence-electron chi connectivity index (χ4n) is 9.84. The molecule has 8 nitrogen and oxygen atoms in total. The molecule has 2 fully saturated rings. The summed E-state index contributed by atoms with van der Waals surface area (Å²) in [6, 6.07) is 2.22. The van der Waals surface area contributed by atoms with Crippen LogP contribution in [0.5, 0.6) is 0 Å². The number of hydrogen-bond donors (Lipinski definition) is 0. The second kappa shape index (κ2) is 23.0. The molecule has 0 atom stereocenters. The zero-order valence-electron chi connectivity index (χ0n) is 47.9. The Morgan fingerprint density at radius 1 is 0.463 bits per heavy atom. The highest BCUT2D eigenvalue weighted by Gasteiger charge is 2.56. The molecule has 0 aromatic carbocycles. The van der Waals surface area contributed by atoms with Gasteiger partial charge in [-0.25, -0.2) is 4.98 Å². The van der Waals surface area contributed by atoms with Crippen LogP contribution in [0.4, 0.5) is 0 Å². The molecule has 2 aromatic heterocycles. The summed E-state index contributed by atoms with van der Waals surface area (Å²) >= 11 is 27.1. The van der Waals surface area contributed by atoms with Gasteiger partial charge in [-0.15, -0.1) is 0 Å². The van der Waals surface area contributed by atoms with Gasteiger partial charge < -0.3 is 23.8 Å². The number of aromatic nitrogens is 4. The lowest BCUT2D eigenvalue weighted by atomic mass is 9.54. The van der Waals surface area contributed by atoms with E-state index in [0.717, 1.165) is 71.4 Å². The third kappa shape index (κ3) is 13.7. The van der Waals surface area contributed by atoms with Crippen LogP contribution in [0.2, 0.25) is 0 Å². The molecule has 0 radical (unpaired) electrons. The van der Waals surface area contributed by atoms with Crippen molar-refractivity contribution in [3.63, 3.8) is 0 Å². The predicted octanol–water partition coefficient (Wildman–Crippen LogP) is 16.0. The number of amidine groups is 1. The first kappa shape index (κ1) is 63.0. The number of hydrogen-bond acceptors (Lipinski definition) is 8. The number of thiocarbonyl (C=S) groups is 3. The second-order valence-corrected chi connectivity index (χ2v) is 25.9. The van der Waals surface area contributed by atoms with Crippen LogP contribution < -0.4 is 0 Å². The van der Waals surface area contributed by atoms with E-state index in [0.29, 0.717) is 35.6 Å². The lowest BCUT2D eigenvalue weighted by Gasteiger charge is -2.63. The molecule has 5 rings (SSSR count). The van der Waals surface area contributed by atoms with Crippen LogP contribution in [0, 0.1) is 67.1 Å². The molecule has 0 bridgehead atoms. The number of piperidine rings is 1. The summed E-state index contributed by atoms with van der Waals surface area (Å²) in [7, 11) is 0. The first-order chi connectivity index (χ1) is 29.9. The quantitative estimate of drug-likeness (QED) is 0.271. The van der Waals surface area contributed by atoms with Gasteiger partial charge in [0.1, 0.15) is 31.5 Å². The lowest BCUT2D eigenvalue weighted by Crippen LogP contribution is -2.67. The van der Waals surface area contributed by atoms with Crippen molar-refractivity contribution in [2.75, 3.05) is 0 Å². The highest BCUT2D eigenvalue weighted by molar-refractivity contribution is 7.80. The van der Waals surface area contributed by atoms with Gasteiger partial charge in [-0.2, -0.15) is 0 Å². The molecule has 2 aromatic rings. The summed E-state index contributed by atoms with van der Waals surface area (Å²) in [6.45, 7) is 63.3. The van der Waals surface area contributed by atoms with E-state index in [1.54, 1.807) is 0 Å². The maximum atomic E-state index is 5.63. The van der Waals surface area contributed by atoms with Crippen LogP contribution in [0.1, 0.15) is 218 Å². The molecule has 0 aliphatic carbocycles. The molecule has 3 aliphatic heterocycles. The number of aliphatic imine (C=N–C) groups is 1. The second-order valence-electron chi connectivity index (χ2n) is 23.8. The van der Waals surface area contributed by atoms with Crippen LogP contribution in [-0.4, -0.2) is 89.3 Å². The van der Waals surface area contributed by atoms with Crippen molar-refractivity contribution in [2.24, 2.45) is 21.2 Å². The zero-order chi connectivity index (χ0) is 53.2. The maximum absolute atomic E-state index is 5.63. The van der Waals surface area contributed by atoms with E-state index >= 15 is 0 Å². The first-order valence-corrected chi connectivity index (χ1v) is 26.6. The Hall–Kier alpha value is -2.06. The minimum atomic E-state index is -0.177. The van der Waals surface area contributed by atoms with Crippen molar-refractivity contribution < 1.29 is 0 Å². The molecule has 0 saturated carbocycles. The van der Waals surface area contributed by atoms with Crippen molar-refractivity contribution in [2.45, 2.75) is 260 Å². The van der Waals surface area contributed by atoms with Gasteiger partial charge in [-0.05, 0) is 175 Å². The average molecular weight is 1020 g/mol. The molecule has 0 spiro atoms. The Bertz CT molecular complexity index is 2250. The predicted molar refractivity (Wildman–Crippen MR) is 310 cm³/mol. The van der Waals surface area contributed by atoms with Crippen LogP contribution in [0.15, 0.2) is 4.99 Å². The van der Waals surface area contributed by atoms with Gasteiger partial charge in [-0.3, -0.25) is 9.98 Å². The molecular weight excluding hydrogens is 921 g/mol. The first-order valence-electron chi connectivity index (χ1n) is 24.6. The van der Waals surface area contributed by atoms with E-state index in [-0.39, 0.29) is 27.4 Å². The highest BCUT2D eigenvalue weighted by atomic mass is 32.1. The third-order valence-corrected chi connectivity index (χ3v) is 17.8. The molecule has 0 unspecified atom stereocenters. The number of likely N-dealkylation sites (tertiary alicyclic amines) is 2. The minimum absolute atomic E-state index is 0.111. The normalized spacial score (nSPS) is 19.7. The summed E-state index contributed by atoms with van der Waals surface area (Å²) < 4.78 is 6.03. The molecule has 0 amide bonds. The lowest BCUT2D eigenvalue weighted by molar-refractivity contribution is -0.0640. The van der Waals surface area contributed by atoms with Crippen LogP contribution >= 0.6 is 61.1 Å². The monoisotopic (exact) mass is 1020 g/mol. The van der Waals surface area contributed by atoms with Gasteiger partial charge >= 0.3 is 0 Å². The largest absolute Gasteiger partial charge is 0.358 e. The maximum Gasteiger partial charge on any atom is 0.127 e. The third-order valence-electron chi connectivity index (χ3n) is 15.4. The van der Waals surface area contributed by atoms with Crippen LogP contribution in [0.25, 0.3) is 0 Å². The summed E-state index contributed by atoms with van der Waals surface area (Å²) in [4.78, 5) is 23.5. The molecule has 2 saturated heterocycles. The van der Waals surface area contributed by atoms with E-state index in [1.807, 2.05) is 41.5 Å². The highest BCUT2D eigenvalue weighted by Crippen LogP contribution is 2.55. The standard InChI is InChI=1S/C14H27NS.C11H21NS.2C10H16N2S.C9H16N2S/c1-10(2)15-11(16)9-12(3,4)13(5,6)14(15,7)8;1-8(2)12-9(13)7-10(3,4)11(12,5)6;1-6(2)12-9(5)7(3)11-8(4)10(12)13;1-6(2)12-9(5)11-8(4)7(3)10(12)13;1-6(2)11-7(3)10-9(4,5)8(11)12/h10H,9H2,1-8H3;8H,7H2,1-6H3;2*6H,1-5H3;6H,1-5H3. The number of nitrogens with zero attached hydrogens (tertiary/aromatic N) is 8. The van der Waals surface area contributed by atoms with Crippen molar-refractivity contribution in [3.8, 4) is 0 Å². The molecule has 3 aliphatic rings. The van der Waals surface area contributed by atoms with Crippen molar-refractivity contribution in [1.29, 1.82) is 0 Å². The average Bonchev–Trinajstić information content (AvgIpc) is 3.44. The Morgan fingerprint density at radius 2 is 0.881 bits per heavy atom. The van der Waals surface area contributed by atoms with Crippen molar-refractivity contribution in [3.05, 3.63) is 43.4 Å². The Kier molecular flexibility index (Phi) is 21.6. The van der Waals surface area contributed by atoms with Gasteiger partial charge in [0, 0.05) is 71.1 Å². The number of aryl methyl sites for hydroxylation is 4. The smallest absolute Gasteiger partial charge is 0.127 e. The van der Waals surface area contributed by atoms with Crippen LogP contribution in [-0.2, 0) is 0 Å². The SMILES string of the molecule is CC(C)N1C(=S)CC(C)(C)C(C)(C)C1(C)C.CC(C)N1C(=S)CC(C)(C)C1(C)C.CC1=NC(C)(C)C(=S)N1C(C)C.Cc1nc(C)c(=S)n(C(C)C)c1C.Cc1nc(C)n(C(C)C)c(=S)c1C. The molecule has 0 N–H and O–H groups in total. The minimum Gasteiger partial charge on any atom is -0.358 e. The van der Waals surface area contributed by atoms with E-state index < -0.39 is 0 Å². The van der Waals surface area contributed by atoms with Gasteiger partial charge in [0.15, 0.2) is 0 Å². The van der Waals surface area contributed by atoms with E-state index in [2.05, 4.69) is 198 Å². The molecule has 67 heavy (non-hydrogen) atoms. The summed E-state index contributed by atoms with van der Waals surface area (Å²) in [5, 5.41) is 0. The topological polar surface area (TPSA) is 57.7 Å². The number of rotatable bonds is 5. The van der Waals surface area contributed by atoms with E-state index in [4.69, 9.17) is 61.1 Å². The fourth-order valence-corrected chi connectivity index (χ4v) is 12.7. The summed E-state index contributed by atoms with van der Waals surface area (Å²) in [5.41, 5.74) is 6.29. The Balaban J connectivity index is 0.000000420. The molecule has 5 heterocycles. The summed E-state index contributed by atoms with van der Waals surface area (Å²) in [6.07, 6.45) is 2.07. The Labute approximate surface area is 438 Å². The fraction of sp³-hybridized carbons (Fsp3) is 0.778. The van der Waals surface area contributed by atoms with Crippen molar-refractivity contribution in [1.82, 2.24) is 33.8 Å². The van der Waals surface area contributed by atoms with Gasteiger partial charge in [0.2, 0.25) is 0 Å². The molecule has 13 heteroatoms. The zero-order valence-corrected chi connectivity index (χ0v) is 52.0. The summed E-state index contributed by atoms with van der Waals surface area (Å²) in [5.74, 6) is 2.04. The van der Waals surface area contributed by atoms with Gasteiger partial charge in [0.25, 0.3) is 0 Å². The molecule has 382 valence electrons. The van der Waals surface area contributed by atoms with Gasteiger partial charge in [0.05, 0.1) is 21.4 Å². The van der Waals surface area contributed by atoms with E-state index in [1.165, 1.54) is 5.69 Å². The molecular formula is C54H96N8S5. The Morgan fingerprint density at radius 3 is 1.19 bits per heavy atom. The van der Waals surface area contributed by atoms with Gasteiger partial charge in [-0.1, -0.05) is 103 Å². The van der Waals surface area contributed by atoms with Crippen LogP contribution in [0.3, 0.4) is 0 Å². The van der Waals surface area contributed by atoms with Crippen molar-refractivity contribution >= 4 is 81.9 Å².